The Balaban J connectivity index is 2.36. The molecule has 1 N–H and O–H groups in total. The first-order valence-electron chi connectivity index (χ1n) is 4.84. The molecule has 0 aliphatic rings. The SMILES string of the molecule is CNC(c1cn(C)cn1)c1nccn1C. The molecule has 0 spiro atoms. The molecule has 2 rings (SSSR count). The van der Waals surface area contributed by atoms with Gasteiger partial charge in [0.1, 0.15) is 11.9 Å². The lowest BCUT2D eigenvalue weighted by molar-refractivity contribution is 0.605. The molecule has 0 saturated carbocycles. The zero-order valence-corrected chi connectivity index (χ0v) is 9.18. The summed E-state index contributed by atoms with van der Waals surface area (Å²) < 4.78 is 3.93. The van der Waals surface area contributed by atoms with Gasteiger partial charge in [0.2, 0.25) is 0 Å². The molecule has 1 unspecified atom stereocenters. The van der Waals surface area contributed by atoms with Gasteiger partial charge in [-0.3, -0.25) is 0 Å². The summed E-state index contributed by atoms with van der Waals surface area (Å²) in [5.41, 5.74) is 0.981. The van der Waals surface area contributed by atoms with Gasteiger partial charge in [0.25, 0.3) is 0 Å². The Bertz CT molecular complexity index is 442. The fourth-order valence-corrected chi connectivity index (χ4v) is 1.65. The maximum atomic E-state index is 4.33. The Labute approximate surface area is 88.8 Å². The summed E-state index contributed by atoms with van der Waals surface area (Å²) in [5, 5.41) is 3.22. The van der Waals surface area contributed by atoms with Crippen LogP contribution in [-0.2, 0) is 14.1 Å². The van der Waals surface area contributed by atoms with Crippen molar-refractivity contribution in [1.29, 1.82) is 0 Å². The molecule has 15 heavy (non-hydrogen) atoms. The quantitative estimate of drug-likeness (QED) is 0.792. The largest absolute Gasteiger partial charge is 0.340 e. The highest BCUT2D eigenvalue weighted by atomic mass is 15.1. The Morgan fingerprint density at radius 3 is 2.60 bits per heavy atom. The molecule has 0 aliphatic heterocycles. The van der Waals surface area contributed by atoms with E-state index in [1.165, 1.54) is 0 Å². The molecule has 0 aromatic carbocycles. The lowest BCUT2D eigenvalue weighted by Crippen LogP contribution is -2.21. The van der Waals surface area contributed by atoms with Crippen LogP contribution in [-0.4, -0.2) is 26.1 Å². The highest BCUT2D eigenvalue weighted by Crippen LogP contribution is 2.17. The Hall–Kier alpha value is -1.62. The van der Waals surface area contributed by atoms with Crippen molar-refractivity contribution in [3.63, 3.8) is 0 Å². The van der Waals surface area contributed by atoms with E-state index in [9.17, 15) is 0 Å². The molecular weight excluding hydrogens is 190 g/mol. The first-order chi connectivity index (χ1) is 7.22. The number of nitrogens with one attached hydrogen (secondary N) is 1. The lowest BCUT2D eigenvalue weighted by atomic mass is 10.2. The number of imidazole rings is 2. The van der Waals surface area contributed by atoms with Gasteiger partial charge in [-0.1, -0.05) is 0 Å². The summed E-state index contributed by atoms with van der Waals surface area (Å²) in [4.78, 5) is 8.65. The van der Waals surface area contributed by atoms with Crippen LogP contribution in [0.25, 0.3) is 0 Å². The average Bonchev–Trinajstić information content (AvgIpc) is 2.79. The van der Waals surface area contributed by atoms with Crippen molar-refractivity contribution < 1.29 is 0 Å². The fraction of sp³-hybridized carbons (Fsp3) is 0.400. The second kappa shape index (κ2) is 3.86. The molecule has 2 heterocycles. The number of hydrogen-bond donors (Lipinski definition) is 1. The maximum absolute atomic E-state index is 4.33. The van der Waals surface area contributed by atoms with Crippen molar-refractivity contribution in [3.05, 3.63) is 36.4 Å². The zero-order valence-electron chi connectivity index (χ0n) is 9.18. The minimum absolute atomic E-state index is 0.0474. The molecule has 0 aliphatic carbocycles. The van der Waals surface area contributed by atoms with Crippen LogP contribution < -0.4 is 5.32 Å². The van der Waals surface area contributed by atoms with Crippen LogP contribution in [0.15, 0.2) is 24.9 Å². The smallest absolute Gasteiger partial charge is 0.131 e. The lowest BCUT2D eigenvalue weighted by Gasteiger charge is -2.13. The summed E-state index contributed by atoms with van der Waals surface area (Å²) in [7, 11) is 5.85. The van der Waals surface area contributed by atoms with Crippen molar-refractivity contribution in [2.45, 2.75) is 6.04 Å². The van der Waals surface area contributed by atoms with Gasteiger partial charge >= 0.3 is 0 Å². The van der Waals surface area contributed by atoms with E-state index in [0.717, 1.165) is 11.5 Å². The molecule has 5 heteroatoms. The molecule has 2 aromatic rings. The highest BCUT2D eigenvalue weighted by molar-refractivity contribution is 5.15. The van der Waals surface area contributed by atoms with Crippen molar-refractivity contribution in [1.82, 2.24) is 24.4 Å². The Morgan fingerprint density at radius 2 is 2.13 bits per heavy atom. The topological polar surface area (TPSA) is 47.7 Å². The fourth-order valence-electron chi connectivity index (χ4n) is 1.65. The molecule has 0 fully saturated rings. The molecule has 0 radical (unpaired) electrons. The van der Waals surface area contributed by atoms with Crippen LogP contribution in [0.2, 0.25) is 0 Å². The van der Waals surface area contributed by atoms with Crippen LogP contribution in [0.4, 0.5) is 0 Å². The molecular formula is C10H15N5. The summed E-state index contributed by atoms with van der Waals surface area (Å²) in [6.07, 6.45) is 7.52. The number of rotatable bonds is 3. The maximum Gasteiger partial charge on any atom is 0.131 e. The van der Waals surface area contributed by atoms with Gasteiger partial charge in [-0.25, -0.2) is 9.97 Å². The third kappa shape index (κ3) is 1.78. The van der Waals surface area contributed by atoms with Crippen LogP contribution in [0.3, 0.4) is 0 Å². The normalized spacial score (nSPS) is 13.0. The van der Waals surface area contributed by atoms with E-state index in [1.54, 1.807) is 12.5 Å². The number of nitrogens with zero attached hydrogens (tertiary/aromatic N) is 4. The van der Waals surface area contributed by atoms with Crippen molar-refractivity contribution >= 4 is 0 Å². The van der Waals surface area contributed by atoms with Crippen molar-refractivity contribution in [3.8, 4) is 0 Å². The summed E-state index contributed by atoms with van der Waals surface area (Å²) in [6, 6.07) is 0.0474. The van der Waals surface area contributed by atoms with Crippen LogP contribution >= 0.6 is 0 Å². The van der Waals surface area contributed by atoms with Crippen LogP contribution in [0, 0.1) is 0 Å². The minimum atomic E-state index is 0.0474. The van der Waals surface area contributed by atoms with Crippen molar-refractivity contribution in [2.24, 2.45) is 14.1 Å². The standard InChI is InChI=1S/C10H15N5/c1-11-9(8-6-14(2)7-13-8)10-12-4-5-15(10)3/h4-7,9,11H,1-3H3. The van der Waals surface area contributed by atoms with Gasteiger partial charge in [-0.2, -0.15) is 0 Å². The minimum Gasteiger partial charge on any atom is -0.340 e. The molecule has 0 saturated heterocycles. The summed E-state index contributed by atoms with van der Waals surface area (Å²) in [6.45, 7) is 0. The van der Waals surface area contributed by atoms with E-state index >= 15 is 0 Å². The number of aryl methyl sites for hydroxylation is 2. The second-order valence-corrected chi connectivity index (χ2v) is 3.58. The monoisotopic (exact) mass is 205 g/mol. The first-order valence-corrected chi connectivity index (χ1v) is 4.84. The van der Waals surface area contributed by atoms with Gasteiger partial charge in [0, 0.05) is 32.7 Å². The highest BCUT2D eigenvalue weighted by Gasteiger charge is 2.17. The van der Waals surface area contributed by atoms with E-state index in [1.807, 2.05) is 42.7 Å². The van der Waals surface area contributed by atoms with Gasteiger partial charge in [0.15, 0.2) is 0 Å². The van der Waals surface area contributed by atoms with Gasteiger partial charge < -0.3 is 14.5 Å². The predicted molar refractivity (Wildman–Crippen MR) is 57.3 cm³/mol. The van der Waals surface area contributed by atoms with Gasteiger partial charge in [-0.15, -0.1) is 0 Å². The number of aromatic nitrogens is 4. The Kier molecular flexibility index (Phi) is 2.55. The third-order valence-corrected chi connectivity index (χ3v) is 2.43. The molecule has 80 valence electrons. The zero-order chi connectivity index (χ0) is 10.8. The summed E-state index contributed by atoms with van der Waals surface area (Å²) >= 11 is 0. The van der Waals surface area contributed by atoms with E-state index < -0.39 is 0 Å². The van der Waals surface area contributed by atoms with E-state index in [-0.39, 0.29) is 6.04 Å². The van der Waals surface area contributed by atoms with Crippen molar-refractivity contribution in [2.75, 3.05) is 7.05 Å². The summed E-state index contributed by atoms with van der Waals surface area (Å²) in [5.74, 6) is 0.969. The molecule has 0 bridgehead atoms. The van der Waals surface area contributed by atoms with E-state index in [4.69, 9.17) is 0 Å². The molecule has 1 atom stereocenters. The average molecular weight is 205 g/mol. The second-order valence-electron chi connectivity index (χ2n) is 3.58. The third-order valence-electron chi connectivity index (χ3n) is 2.43. The molecule has 2 aromatic heterocycles. The molecule has 5 nitrogen and oxygen atoms in total. The van der Waals surface area contributed by atoms with E-state index in [2.05, 4.69) is 15.3 Å². The number of hydrogen-bond acceptors (Lipinski definition) is 3. The van der Waals surface area contributed by atoms with Crippen LogP contribution in [0.5, 0.6) is 0 Å². The van der Waals surface area contributed by atoms with E-state index in [0.29, 0.717) is 0 Å². The predicted octanol–water partition coefficient (Wildman–Crippen LogP) is 0.462. The van der Waals surface area contributed by atoms with Gasteiger partial charge in [-0.05, 0) is 7.05 Å². The molecule has 0 amide bonds. The van der Waals surface area contributed by atoms with Gasteiger partial charge in [0.05, 0.1) is 12.0 Å². The Morgan fingerprint density at radius 1 is 1.33 bits per heavy atom. The van der Waals surface area contributed by atoms with Crippen LogP contribution in [0.1, 0.15) is 17.6 Å². The first kappa shape index (κ1) is 9.92.